The topological polar surface area (TPSA) is 83.5 Å². The predicted molar refractivity (Wildman–Crippen MR) is 79.9 cm³/mol. The Kier molecular flexibility index (Phi) is 5.73. The number of carboxylic acids is 1. The van der Waals surface area contributed by atoms with Gasteiger partial charge in [0.25, 0.3) is 0 Å². The van der Waals surface area contributed by atoms with E-state index in [4.69, 9.17) is 5.11 Å². The third-order valence-corrected chi connectivity index (χ3v) is 6.18. The number of sulfonamides is 1. The lowest BCUT2D eigenvalue weighted by Crippen LogP contribution is -2.34. The summed E-state index contributed by atoms with van der Waals surface area (Å²) in [7, 11) is -3.80. The van der Waals surface area contributed by atoms with E-state index < -0.39 is 16.0 Å². The number of hydrogen-bond donors (Lipinski definition) is 2. The van der Waals surface area contributed by atoms with Crippen LogP contribution < -0.4 is 4.72 Å². The molecule has 2 N–H and O–H groups in total. The molecule has 0 radical (unpaired) electrons. The Hall–Kier alpha value is -0.920. The van der Waals surface area contributed by atoms with Crippen LogP contribution in [0.3, 0.4) is 0 Å². The number of thiophene rings is 1. The summed E-state index contributed by atoms with van der Waals surface area (Å²) in [5.74, 6) is -0.798. The average Bonchev–Trinajstić information content (AvgIpc) is 2.70. The average molecular weight is 319 g/mol. The van der Waals surface area contributed by atoms with Crippen LogP contribution in [0.2, 0.25) is 0 Å². The summed E-state index contributed by atoms with van der Waals surface area (Å²) in [6.45, 7) is 7.52. The van der Waals surface area contributed by atoms with Gasteiger partial charge in [-0.3, -0.25) is 0 Å². The van der Waals surface area contributed by atoms with Gasteiger partial charge in [-0.1, -0.05) is 20.3 Å². The Balaban J connectivity index is 3.00. The van der Waals surface area contributed by atoms with Crippen LogP contribution in [0.25, 0.3) is 0 Å². The molecular formula is C13H21NO4S2. The first-order chi connectivity index (χ1) is 9.19. The van der Waals surface area contributed by atoms with Crippen molar-refractivity contribution in [1.29, 1.82) is 0 Å². The van der Waals surface area contributed by atoms with Crippen molar-refractivity contribution in [2.24, 2.45) is 5.92 Å². The molecule has 0 saturated carbocycles. The maximum absolute atomic E-state index is 12.4. The zero-order valence-electron chi connectivity index (χ0n) is 12.1. The fourth-order valence-corrected chi connectivity index (χ4v) is 4.94. The minimum absolute atomic E-state index is 0.106. The van der Waals surface area contributed by atoms with Crippen molar-refractivity contribution < 1.29 is 18.3 Å². The summed E-state index contributed by atoms with van der Waals surface area (Å²) in [6.07, 6.45) is 1.70. The molecule has 1 heterocycles. The van der Waals surface area contributed by atoms with Gasteiger partial charge >= 0.3 is 5.97 Å². The second-order valence-electron chi connectivity index (χ2n) is 5.15. The van der Waals surface area contributed by atoms with Crippen LogP contribution in [0.15, 0.2) is 10.3 Å². The van der Waals surface area contributed by atoms with Crippen molar-refractivity contribution in [2.45, 2.75) is 51.5 Å². The van der Waals surface area contributed by atoms with Gasteiger partial charge in [0.1, 0.15) is 9.77 Å². The molecular weight excluding hydrogens is 298 g/mol. The lowest BCUT2D eigenvalue weighted by Gasteiger charge is -2.18. The molecule has 114 valence electrons. The number of carbonyl (C=O) groups is 1. The van der Waals surface area contributed by atoms with E-state index in [0.717, 1.165) is 24.2 Å². The minimum Gasteiger partial charge on any atom is -0.477 e. The van der Waals surface area contributed by atoms with Crippen LogP contribution >= 0.6 is 11.3 Å². The summed E-state index contributed by atoms with van der Waals surface area (Å²) in [4.78, 5) is 10.9. The lowest BCUT2D eigenvalue weighted by atomic mass is 10.0. The summed E-state index contributed by atoms with van der Waals surface area (Å²) in [5, 5.41) is 10.6. The van der Waals surface area contributed by atoms with Crippen LogP contribution in [0, 0.1) is 12.8 Å². The van der Waals surface area contributed by atoms with Crippen molar-refractivity contribution in [3.05, 3.63) is 15.8 Å². The Labute approximate surface area is 124 Å². The highest BCUT2D eigenvalue weighted by atomic mass is 32.2. The number of carboxylic acid groups (broad SMARTS) is 1. The van der Waals surface area contributed by atoms with Gasteiger partial charge in [-0.2, -0.15) is 0 Å². The summed E-state index contributed by atoms with van der Waals surface area (Å²) in [5.41, 5.74) is 0.468. The van der Waals surface area contributed by atoms with E-state index in [9.17, 15) is 13.2 Å². The van der Waals surface area contributed by atoms with Crippen molar-refractivity contribution in [3.8, 4) is 0 Å². The maximum atomic E-state index is 12.4. The van der Waals surface area contributed by atoms with E-state index in [0.29, 0.717) is 11.5 Å². The van der Waals surface area contributed by atoms with Crippen LogP contribution in [-0.4, -0.2) is 25.5 Å². The maximum Gasteiger partial charge on any atom is 0.347 e. The number of hydrogen-bond acceptors (Lipinski definition) is 4. The van der Waals surface area contributed by atoms with Crippen molar-refractivity contribution in [3.63, 3.8) is 0 Å². The van der Waals surface area contributed by atoms with E-state index in [-0.39, 0.29) is 15.8 Å². The molecule has 7 heteroatoms. The SMILES string of the molecule is CCC(C)CC(C)NS(=O)(=O)c1c(C)csc1C(=O)O. The van der Waals surface area contributed by atoms with Crippen LogP contribution in [0.5, 0.6) is 0 Å². The van der Waals surface area contributed by atoms with Gasteiger partial charge in [-0.25, -0.2) is 17.9 Å². The van der Waals surface area contributed by atoms with Crippen LogP contribution in [0.1, 0.15) is 48.8 Å². The highest BCUT2D eigenvalue weighted by Gasteiger charge is 2.28. The lowest BCUT2D eigenvalue weighted by molar-refractivity contribution is 0.0698. The van der Waals surface area contributed by atoms with Gasteiger partial charge in [0.05, 0.1) is 0 Å². The molecule has 0 fully saturated rings. The van der Waals surface area contributed by atoms with Crippen molar-refractivity contribution in [1.82, 2.24) is 4.72 Å². The molecule has 2 atom stereocenters. The first-order valence-corrected chi connectivity index (χ1v) is 8.89. The van der Waals surface area contributed by atoms with E-state index in [1.54, 1.807) is 19.2 Å². The van der Waals surface area contributed by atoms with E-state index in [1.165, 1.54) is 0 Å². The van der Waals surface area contributed by atoms with Gasteiger partial charge < -0.3 is 5.11 Å². The molecule has 1 aromatic heterocycles. The van der Waals surface area contributed by atoms with Gasteiger partial charge in [0.2, 0.25) is 10.0 Å². The molecule has 0 bridgehead atoms. The largest absolute Gasteiger partial charge is 0.477 e. The van der Waals surface area contributed by atoms with Gasteiger partial charge in [0, 0.05) is 6.04 Å². The van der Waals surface area contributed by atoms with E-state index >= 15 is 0 Å². The fourth-order valence-electron chi connectivity index (χ4n) is 2.06. The molecule has 1 rings (SSSR count). The molecule has 2 unspecified atom stereocenters. The predicted octanol–water partition coefficient (Wildman–Crippen LogP) is 2.86. The van der Waals surface area contributed by atoms with Crippen molar-refractivity contribution in [2.75, 3.05) is 0 Å². The van der Waals surface area contributed by atoms with E-state index in [2.05, 4.69) is 18.6 Å². The molecule has 0 saturated heterocycles. The van der Waals surface area contributed by atoms with Crippen molar-refractivity contribution >= 4 is 27.3 Å². The quantitative estimate of drug-likeness (QED) is 0.809. The highest BCUT2D eigenvalue weighted by molar-refractivity contribution is 7.89. The first-order valence-electron chi connectivity index (χ1n) is 6.52. The van der Waals surface area contributed by atoms with Gasteiger partial charge in [-0.15, -0.1) is 11.3 Å². The highest BCUT2D eigenvalue weighted by Crippen LogP contribution is 2.27. The van der Waals surface area contributed by atoms with Gasteiger partial charge in [0.15, 0.2) is 0 Å². The smallest absolute Gasteiger partial charge is 0.347 e. The Morgan fingerprint density at radius 3 is 2.55 bits per heavy atom. The number of aromatic carboxylic acids is 1. The molecule has 0 aliphatic carbocycles. The van der Waals surface area contributed by atoms with Gasteiger partial charge in [-0.05, 0) is 37.1 Å². The normalized spacial score (nSPS) is 15.0. The molecule has 20 heavy (non-hydrogen) atoms. The molecule has 5 nitrogen and oxygen atoms in total. The van der Waals surface area contributed by atoms with E-state index in [1.807, 2.05) is 0 Å². The molecule has 1 aromatic rings. The first kappa shape index (κ1) is 17.1. The Morgan fingerprint density at radius 2 is 2.05 bits per heavy atom. The second-order valence-corrected chi connectivity index (χ2v) is 7.68. The Morgan fingerprint density at radius 1 is 1.45 bits per heavy atom. The number of aryl methyl sites for hydroxylation is 1. The zero-order valence-corrected chi connectivity index (χ0v) is 13.8. The monoisotopic (exact) mass is 319 g/mol. The molecule has 0 aliphatic rings. The second kappa shape index (κ2) is 6.69. The molecule has 0 amide bonds. The molecule has 0 spiro atoms. The third kappa shape index (κ3) is 4.04. The molecule has 0 aromatic carbocycles. The summed E-state index contributed by atoms with van der Waals surface area (Å²) in [6, 6.07) is -0.226. The zero-order chi connectivity index (χ0) is 15.5. The summed E-state index contributed by atoms with van der Waals surface area (Å²) < 4.78 is 27.3. The number of nitrogens with one attached hydrogen (secondary N) is 1. The third-order valence-electron chi connectivity index (χ3n) is 3.19. The minimum atomic E-state index is -3.80. The van der Waals surface area contributed by atoms with Crippen LogP contribution in [0.4, 0.5) is 0 Å². The number of rotatable bonds is 7. The summed E-state index contributed by atoms with van der Waals surface area (Å²) >= 11 is 0.938. The fraction of sp³-hybridized carbons (Fsp3) is 0.615. The standard InChI is InChI=1S/C13H21NO4S2/c1-5-8(2)6-10(4)14-20(17,18)12-9(3)7-19-11(12)13(15)16/h7-8,10,14H,5-6H2,1-4H3,(H,15,16). The molecule has 0 aliphatic heterocycles. The Bertz CT molecular complexity index is 577. The van der Waals surface area contributed by atoms with Crippen LogP contribution in [-0.2, 0) is 10.0 Å².